The predicted molar refractivity (Wildman–Crippen MR) is 113 cm³/mol. The van der Waals surface area contributed by atoms with E-state index in [1.165, 1.54) is 12.1 Å². The van der Waals surface area contributed by atoms with Gasteiger partial charge in [-0.3, -0.25) is 4.79 Å². The van der Waals surface area contributed by atoms with E-state index in [0.29, 0.717) is 36.0 Å². The van der Waals surface area contributed by atoms with Gasteiger partial charge in [0.1, 0.15) is 18.2 Å². The summed E-state index contributed by atoms with van der Waals surface area (Å²) in [4.78, 5) is 19.5. The number of ether oxygens (including phenoxy) is 2. The minimum atomic E-state index is -4.49. The molecule has 6 nitrogen and oxygen atoms in total. The van der Waals surface area contributed by atoms with Crippen molar-refractivity contribution in [2.45, 2.75) is 13.1 Å². The predicted octanol–water partition coefficient (Wildman–Crippen LogP) is 4.50. The van der Waals surface area contributed by atoms with E-state index in [1.54, 1.807) is 30.6 Å². The van der Waals surface area contributed by atoms with E-state index < -0.39 is 17.6 Å². The maximum absolute atomic E-state index is 12.8. The Morgan fingerprint density at radius 1 is 1.19 bits per heavy atom. The van der Waals surface area contributed by atoms with Crippen LogP contribution in [-0.4, -0.2) is 35.7 Å². The average Bonchev–Trinajstić information content (AvgIpc) is 3.31. The van der Waals surface area contributed by atoms with Crippen LogP contribution >= 0.6 is 0 Å². The zero-order chi connectivity index (χ0) is 23.0. The molecule has 0 aliphatic heterocycles. The fourth-order valence-corrected chi connectivity index (χ4v) is 2.73. The maximum Gasteiger partial charge on any atom is 0.416 e. The number of amides is 1. The van der Waals surface area contributed by atoms with Gasteiger partial charge in [0, 0.05) is 36.0 Å². The lowest BCUT2D eigenvalue weighted by molar-refractivity contribution is -0.137. The van der Waals surface area contributed by atoms with Crippen LogP contribution in [0.25, 0.3) is 11.4 Å². The van der Waals surface area contributed by atoms with Crippen LogP contribution in [0.4, 0.5) is 18.9 Å². The Balaban J connectivity index is 1.79. The molecule has 1 heterocycles. The van der Waals surface area contributed by atoms with Gasteiger partial charge in [-0.25, -0.2) is 4.98 Å². The number of alkyl halides is 3. The van der Waals surface area contributed by atoms with Gasteiger partial charge in [-0.05, 0) is 43.3 Å². The SMILES string of the molecule is CCOCCOc1ccc(-c2ncc[nH]2)cc1NC(=O)C#Cc1cccc(C(F)(F)F)c1. The average molecular weight is 443 g/mol. The van der Waals surface area contributed by atoms with Crippen LogP contribution < -0.4 is 10.1 Å². The van der Waals surface area contributed by atoms with Gasteiger partial charge in [-0.2, -0.15) is 13.2 Å². The van der Waals surface area contributed by atoms with Gasteiger partial charge in [0.25, 0.3) is 0 Å². The molecule has 32 heavy (non-hydrogen) atoms. The Labute approximate surface area is 182 Å². The third-order valence-corrected chi connectivity index (χ3v) is 4.20. The molecule has 0 bridgehead atoms. The molecule has 2 aromatic carbocycles. The van der Waals surface area contributed by atoms with E-state index in [9.17, 15) is 18.0 Å². The van der Waals surface area contributed by atoms with Crippen molar-refractivity contribution >= 4 is 11.6 Å². The van der Waals surface area contributed by atoms with E-state index in [4.69, 9.17) is 9.47 Å². The molecule has 3 rings (SSSR count). The number of nitrogens with zero attached hydrogens (tertiary/aromatic N) is 1. The summed E-state index contributed by atoms with van der Waals surface area (Å²) in [7, 11) is 0. The molecular weight excluding hydrogens is 423 g/mol. The molecule has 0 unspecified atom stereocenters. The number of nitrogens with one attached hydrogen (secondary N) is 2. The fraction of sp³-hybridized carbons (Fsp3) is 0.217. The van der Waals surface area contributed by atoms with Crippen LogP contribution in [0.5, 0.6) is 5.75 Å². The van der Waals surface area contributed by atoms with E-state index in [2.05, 4.69) is 27.1 Å². The number of rotatable bonds is 7. The third kappa shape index (κ3) is 6.36. The number of aromatic nitrogens is 2. The Kier molecular flexibility index (Phi) is 7.52. The Morgan fingerprint density at radius 3 is 2.75 bits per heavy atom. The van der Waals surface area contributed by atoms with Crippen LogP contribution in [0.2, 0.25) is 0 Å². The summed E-state index contributed by atoms with van der Waals surface area (Å²) in [6, 6.07) is 9.59. The molecule has 2 N–H and O–H groups in total. The number of hydrogen-bond donors (Lipinski definition) is 2. The van der Waals surface area contributed by atoms with Crippen molar-refractivity contribution < 1.29 is 27.4 Å². The van der Waals surface area contributed by atoms with Gasteiger partial charge in [-0.15, -0.1) is 0 Å². The molecule has 0 saturated heterocycles. The van der Waals surface area contributed by atoms with Gasteiger partial charge in [0.15, 0.2) is 0 Å². The topological polar surface area (TPSA) is 76.2 Å². The molecule has 0 spiro atoms. The summed E-state index contributed by atoms with van der Waals surface area (Å²) in [6.45, 7) is 3.06. The van der Waals surface area contributed by atoms with Gasteiger partial charge < -0.3 is 19.8 Å². The number of benzene rings is 2. The molecular formula is C23H20F3N3O3. The zero-order valence-corrected chi connectivity index (χ0v) is 17.1. The molecule has 3 aromatic rings. The lowest BCUT2D eigenvalue weighted by Gasteiger charge is -2.13. The van der Waals surface area contributed by atoms with Crippen LogP contribution in [0.1, 0.15) is 18.1 Å². The second-order valence-corrected chi connectivity index (χ2v) is 6.48. The Bertz CT molecular complexity index is 1120. The lowest BCUT2D eigenvalue weighted by Crippen LogP contribution is -2.12. The van der Waals surface area contributed by atoms with Crippen molar-refractivity contribution in [1.29, 1.82) is 0 Å². The highest BCUT2D eigenvalue weighted by Crippen LogP contribution is 2.30. The molecule has 0 aliphatic carbocycles. The number of hydrogen-bond acceptors (Lipinski definition) is 4. The van der Waals surface area contributed by atoms with Gasteiger partial charge in [0.2, 0.25) is 0 Å². The number of carbonyl (C=O) groups is 1. The first-order valence-corrected chi connectivity index (χ1v) is 9.71. The third-order valence-electron chi connectivity index (χ3n) is 4.20. The van der Waals surface area contributed by atoms with Crippen LogP contribution in [0.15, 0.2) is 54.9 Å². The van der Waals surface area contributed by atoms with E-state index >= 15 is 0 Å². The van der Waals surface area contributed by atoms with Crippen LogP contribution in [-0.2, 0) is 15.7 Å². The lowest BCUT2D eigenvalue weighted by atomic mass is 10.1. The smallest absolute Gasteiger partial charge is 0.416 e. The van der Waals surface area contributed by atoms with Crippen LogP contribution in [0, 0.1) is 11.8 Å². The number of H-pyrrole nitrogens is 1. The van der Waals surface area contributed by atoms with Crippen molar-refractivity contribution in [2.24, 2.45) is 0 Å². The summed E-state index contributed by atoms with van der Waals surface area (Å²) >= 11 is 0. The molecule has 0 fully saturated rings. The maximum atomic E-state index is 12.8. The largest absolute Gasteiger partial charge is 0.489 e. The molecule has 0 atom stereocenters. The standard InChI is InChI=1S/C23H20F3N3O3/c1-2-31-12-13-32-20-8-7-17(22-27-10-11-28-22)15-19(20)29-21(30)9-6-16-4-3-5-18(14-16)23(24,25)26/h3-5,7-8,10-11,14-15H,2,12-13H2,1H3,(H,27,28)(H,29,30). The first-order chi connectivity index (χ1) is 15.4. The summed E-state index contributed by atoms with van der Waals surface area (Å²) in [6.07, 6.45) is -1.22. The first-order valence-electron chi connectivity index (χ1n) is 9.71. The highest BCUT2D eigenvalue weighted by Gasteiger charge is 2.30. The molecule has 1 aromatic heterocycles. The first kappa shape index (κ1) is 22.9. The molecule has 9 heteroatoms. The normalized spacial score (nSPS) is 10.9. The van der Waals surface area contributed by atoms with E-state index in [1.807, 2.05) is 6.92 Å². The number of aromatic amines is 1. The second kappa shape index (κ2) is 10.5. The monoisotopic (exact) mass is 443 g/mol. The number of anilines is 1. The molecule has 0 saturated carbocycles. The highest BCUT2D eigenvalue weighted by atomic mass is 19.4. The minimum absolute atomic E-state index is 0.0764. The fourth-order valence-electron chi connectivity index (χ4n) is 2.73. The Morgan fingerprint density at radius 2 is 2.03 bits per heavy atom. The van der Waals surface area contributed by atoms with Crippen molar-refractivity contribution in [1.82, 2.24) is 9.97 Å². The Hall–Kier alpha value is -3.77. The summed E-state index contributed by atoms with van der Waals surface area (Å²) in [5.74, 6) is 5.06. The van der Waals surface area contributed by atoms with E-state index in [0.717, 1.165) is 12.1 Å². The quantitative estimate of drug-likeness (QED) is 0.417. The molecule has 1 amide bonds. The van der Waals surface area contributed by atoms with E-state index in [-0.39, 0.29) is 12.2 Å². The molecule has 0 radical (unpaired) electrons. The van der Waals surface area contributed by atoms with Crippen molar-refractivity contribution in [2.75, 3.05) is 25.1 Å². The van der Waals surface area contributed by atoms with Crippen molar-refractivity contribution in [3.05, 3.63) is 66.0 Å². The number of imidazole rings is 1. The number of halogens is 3. The van der Waals surface area contributed by atoms with Gasteiger partial charge in [0.05, 0.1) is 17.9 Å². The zero-order valence-electron chi connectivity index (χ0n) is 17.1. The van der Waals surface area contributed by atoms with Crippen molar-refractivity contribution in [3.8, 4) is 29.0 Å². The van der Waals surface area contributed by atoms with Crippen molar-refractivity contribution in [3.63, 3.8) is 0 Å². The summed E-state index contributed by atoms with van der Waals surface area (Å²) < 4.78 is 49.5. The minimum Gasteiger partial charge on any atom is -0.489 e. The molecule has 0 aliphatic rings. The number of carbonyl (C=O) groups excluding carboxylic acids is 1. The van der Waals surface area contributed by atoms with Gasteiger partial charge in [-0.1, -0.05) is 12.0 Å². The second-order valence-electron chi connectivity index (χ2n) is 6.48. The highest BCUT2D eigenvalue weighted by molar-refractivity contribution is 6.05. The summed E-state index contributed by atoms with van der Waals surface area (Å²) in [5, 5.41) is 2.63. The summed E-state index contributed by atoms with van der Waals surface area (Å²) in [5.41, 5.74) is 0.292. The molecule has 166 valence electrons. The van der Waals surface area contributed by atoms with Gasteiger partial charge >= 0.3 is 12.1 Å². The van der Waals surface area contributed by atoms with Crippen LogP contribution in [0.3, 0.4) is 0 Å².